The predicted octanol–water partition coefficient (Wildman–Crippen LogP) is 2.97. The Labute approximate surface area is 166 Å². The molecule has 0 aliphatic carbocycles. The van der Waals surface area contributed by atoms with Crippen molar-refractivity contribution in [2.45, 2.75) is 24.7 Å². The molecule has 1 fully saturated rings. The molecule has 2 aliphatic heterocycles. The van der Waals surface area contributed by atoms with Gasteiger partial charge in [-0.1, -0.05) is 47.9 Å². The van der Waals surface area contributed by atoms with E-state index in [2.05, 4.69) is 0 Å². The SMILES string of the molecule is CCN1C(=O)/C(=C2/Sc3ccccc3N2CCCCS(=O)(=O)[O-])SC1=S. The Morgan fingerprint density at radius 1 is 1.15 bits per heavy atom. The minimum atomic E-state index is -4.20. The molecule has 1 aromatic carbocycles. The van der Waals surface area contributed by atoms with Crippen molar-refractivity contribution in [2.24, 2.45) is 0 Å². The van der Waals surface area contributed by atoms with Crippen molar-refractivity contribution in [3.05, 3.63) is 34.2 Å². The van der Waals surface area contributed by atoms with E-state index in [1.165, 1.54) is 23.5 Å². The molecule has 1 saturated heterocycles. The third kappa shape index (κ3) is 4.09. The fourth-order valence-corrected chi connectivity index (χ4v) is 6.05. The molecule has 0 N–H and O–H groups in total. The Morgan fingerprint density at radius 3 is 2.54 bits per heavy atom. The number of carbonyl (C=O) groups excluding carboxylic acids is 1. The zero-order valence-corrected chi connectivity index (χ0v) is 17.3. The highest BCUT2D eigenvalue weighted by atomic mass is 32.2. The quantitative estimate of drug-likeness (QED) is 0.295. The average molecular weight is 430 g/mol. The summed E-state index contributed by atoms with van der Waals surface area (Å²) in [5.41, 5.74) is 0.985. The second kappa shape index (κ2) is 7.89. The van der Waals surface area contributed by atoms with E-state index in [0.717, 1.165) is 15.6 Å². The molecule has 26 heavy (non-hydrogen) atoms. The van der Waals surface area contributed by atoms with Gasteiger partial charge in [-0.3, -0.25) is 9.69 Å². The summed E-state index contributed by atoms with van der Waals surface area (Å²) in [5.74, 6) is -0.465. The summed E-state index contributed by atoms with van der Waals surface area (Å²) < 4.78 is 32.9. The number of fused-ring (bicyclic) bond motifs is 1. The van der Waals surface area contributed by atoms with Crippen molar-refractivity contribution in [1.29, 1.82) is 0 Å². The van der Waals surface area contributed by atoms with Crippen LogP contribution < -0.4 is 4.90 Å². The van der Waals surface area contributed by atoms with Crippen LogP contribution in [-0.2, 0) is 14.9 Å². The van der Waals surface area contributed by atoms with Crippen LogP contribution >= 0.6 is 35.7 Å². The normalized spacial score (nSPS) is 20.2. The van der Waals surface area contributed by atoms with E-state index < -0.39 is 10.1 Å². The van der Waals surface area contributed by atoms with Gasteiger partial charge in [0.2, 0.25) is 0 Å². The molecule has 0 spiro atoms. The molecule has 0 bridgehead atoms. The third-order valence-corrected chi connectivity index (χ3v) is 7.53. The van der Waals surface area contributed by atoms with E-state index in [4.69, 9.17) is 12.2 Å². The minimum Gasteiger partial charge on any atom is -0.748 e. The average Bonchev–Trinajstić information content (AvgIpc) is 3.08. The Kier molecular flexibility index (Phi) is 5.97. The number of nitrogens with zero attached hydrogens (tertiary/aromatic N) is 2. The summed E-state index contributed by atoms with van der Waals surface area (Å²) in [6.45, 7) is 2.95. The van der Waals surface area contributed by atoms with Gasteiger partial charge in [0, 0.05) is 23.7 Å². The van der Waals surface area contributed by atoms with Crippen molar-refractivity contribution in [3.63, 3.8) is 0 Å². The summed E-state index contributed by atoms with van der Waals surface area (Å²) >= 11 is 8.13. The van der Waals surface area contributed by atoms with E-state index in [1.807, 2.05) is 36.1 Å². The van der Waals surface area contributed by atoms with Crippen LogP contribution in [0.1, 0.15) is 19.8 Å². The molecular weight excluding hydrogens is 412 g/mol. The number of rotatable bonds is 6. The molecule has 0 saturated carbocycles. The summed E-state index contributed by atoms with van der Waals surface area (Å²) in [6.07, 6.45) is 0.826. The zero-order valence-electron chi connectivity index (χ0n) is 14.0. The van der Waals surface area contributed by atoms with Crippen LogP contribution in [0.3, 0.4) is 0 Å². The van der Waals surface area contributed by atoms with Gasteiger partial charge in [0.25, 0.3) is 5.91 Å². The Bertz CT molecular complexity index is 882. The van der Waals surface area contributed by atoms with Crippen LogP contribution in [-0.4, -0.2) is 46.9 Å². The number of amides is 1. The van der Waals surface area contributed by atoms with Gasteiger partial charge in [-0.15, -0.1) is 0 Å². The van der Waals surface area contributed by atoms with Crippen molar-refractivity contribution in [3.8, 4) is 0 Å². The van der Waals surface area contributed by atoms with E-state index in [0.29, 0.717) is 35.2 Å². The summed E-state index contributed by atoms with van der Waals surface area (Å²) in [7, 11) is -4.20. The first-order chi connectivity index (χ1) is 12.3. The standard InChI is InChI=1S/C16H18N2O4S4/c1-2-17-14(19)13(25-16(17)23)15-18(9-5-6-10-26(20,21)22)11-7-3-4-8-12(11)24-15/h3-4,7-8H,2,5-6,9-10H2,1H3,(H,20,21,22)/p-1/b15-13-. The van der Waals surface area contributed by atoms with E-state index in [-0.39, 0.29) is 11.7 Å². The molecule has 3 rings (SSSR count). The highest BCUT2D eigenvalue weighted by Gasteiger charge is 2.38. The zero-order chi connectivity index (χ0) is 18.9. The minimum absolute atomic E-state index is 0.0926. The van der Waals surface area contributed by atoms with Crippen molar-refractivity contribution < 1.29 is 17.8 Å². The maximum atomic E-state index is 12.7. The molecule has 140 valence electrons. The van der Waals surface area contributed by atoms with Crippen LogP contribution in [0.15, 0.2) is 39.1 Å². The lowest BCUT2D eigenvalue weighted by Gasteiger charge is -2.21. The molecule has 2 heterocycles. The van der Waals surface area contributed by atoms with E-state index in [9.17, 15) is 17.8 Å². The molecular formula is C16H17N2O4S4-. The first-order valence-corrected chi connectivity index (χ1v) is 11.7. The van der Waals surface area contributed by atoms with Crippen LogP contribution in [0.4, 0.5) is 5.69 Å². The topological polar surface area (TPSA) is 80.8 Å². The second-order valence-electron chi connectivity index (χ2n) is 5.74. The number of carbonyl (C=O) groups is 1. The third-order valence-electron chi connectivity index (χ3n) is 3.99. The number of anilines is 1. The number of hydrogen-bond donors (Lipinski definition) is 0. The molecule has 6 nitrogen and oxygen atoms in total. The molecule has 10 heteroatoms. The maximum Gasteiger partial charge on any atom is 0.268 e. The lowest BCUT2D eigenvalue weighted by Crippen LogP contribution is -2.28. The molecule has 0 unspecified atom stereocenters. The maximum absolute atomic E-state index is 12.7. The van der Waals surface area contributed by atoms with Gasteiger partial charge in [-0.2, -0.15) is 0 Å². The van der Waals surface area contributed by atoms with Crippen molar-refractivity contribution in [2.75, 3.05) is 23.7 Å². The lowest BCUT2D eigenvalue weighted by atomic mass is 10.2. The Hall–Kier alpha value is -1.07. The summed E-state index contributed by atoms with van der Waals surface area (Å²) in [4.78, 5) is 17.9. The largest absolute Gasteiger partial charge is 0.748 e. The smallest absolute Gasteiger partial charge is 0.268 e. The van der Waals surface area contributed by atoms with Gasteiger partial charge < -0.3 is 9.45 Å². The number of likely N-dealkylation sites (N-methyl/N-ethyl adjacent to an activating group) is 1. The fourth-order valence-electron chi connectivity index (χ4n) is 2.77. The van der Waals surface area contributed by atoms with Crippen molar-refractivity contribution >= 4 is 61.8 Å². The number of benzene rings is 1. The van der Waals surface area contributed by atoms with Gasteiger partial charge >= 0.3 is 0 Å². The van der Waals surface area contributed by atoms with Crippen LogP contribution in [0.25, 0.3) is 0 Å². The monoisotopic (exact) mass is 429 g/mol. The number of para-hydroxylation sites is 1. The molecule has 0 aromatic heterocycles. The highest BCUT2D eigenvalue weighted by molar-refractivity contribution is 8.27. The lowest BCUT2D eigenvalue weighted by molar-refractivity contribution is -0.122. The first-order valence-electron chi connectivity index (χ1n) is 8.07. The van der Waals surface area contributed by atoms with Gasteiger partial charge in [0.05, 0.1) is 15.8 Å². The van der Waals surface area contributed by atoms with Crippen molar-refractivity contribution in [1.82, 2.24) is 4.90 Å². The highest BCUT2D eigenvalue weighted by Crippen LogP contribution is 2.50. The van der Waals surface area contributed by atoms with Gasteiger partial charge in [-0.25, -0.2) is 8.42 Å². The fraction of sp³-hybridized carbons (Fsp3) is 0.375. The van der Waals surface area contributed by atoms with Gasteiger partial charge in [0.15, 0.2) is 0 Å². The molecule has 2 aliphatic rings. The Morgan fingerprint density at radius 2 is 1.88 bits per heavy atom. The van der Waals surface area contributed by atoms with Crippen LogP contribution in [0, 0.1) is 0 Å². The molecule has 0 atom stereocenters. The predicted molar refractivity (Wildman–Crippen MR) is 108 cm³/mol. The first kappa shape index (κ1) is 19.7. The van der Waals surface area contributed by atoms with Gasteiger partial charge in [0.1, 0.15) is 14.3 Å². The van der Waals surface area contributed by atoms with E-state index >= 15 is 0 Å². The van der Waals surface area contributed by atoms with E-state index in [1.54, 1.807) is 4.90 Å². The number of unbranched alkanes of at least 4 members (excludes halogenated alkanes) is 1. The number of thioether (sulfide) groups is 2. The number of hydrogen-bond acceptors (Lipinski definition) is 8. The molecule has 0 radical (unpaired) electrons. The van der Waals surface area contributed by atoms with Crippen LogP contribution in [0.2, 0.25) is 0 Å². The van der Waals surface area contributed by atoms with Crippen LogP contribution in [0.5, 0.6) is 0 Å². The summed E-state index contributed by atoms with van der Waals surface area (Å²) in [6, 6.07) is 7.83. The number of thiocarbonyl (C=S) groups is 1. The summed E-state index contributed by atoms with van der Waals surface area (Å²) in [5, 5.41) is 0.824. The molecule has 1 aromatic rings. The second-order valence-corrected chi connectivity index (χ2v) is 9.94. The molecule has 1 amide bonds. The van der Waals surface area contributed by atoms with Gasteiger partial charge in [-0.05, 0) is 31.9 Å². The Balaban J connectivity index is 1.86.